The van der Waals surface area contributed by atoms with Crippen molar-refractivity contribution in [2.75, 3.05) is 5.32 Å². The van der Waals surface area contributed by atoms with Crippen LogP contribution in [0.5, 0.6) is 17.4 Å². The zero-order valence-electron chi connectivity index (χ0n) is 14.8. The van der Waals surface area contributed by atoms with E-state index < -0.39 is 0 Å². The third-order valence-electron chi connectivity index (χ3n) is 3.53. The Hall–Kier alpha value is -2.58. The van der Waals surface area contributed by atoms with Gasteiger partial charge in [-0.05, 0) is 77.7 Å². The third-order valence-corrected chi connectivity index (χ3v) is 4.94. The summed E-state index contributed by atoms with van der Waals surface area (Å²) in [5.41, 5.74) is 1.17. The molecule has 27 heavy (non-hydrogen) atoms. The van der Waals surface area contributed by atoms with Crippen LogP contribution in [-0.2, 0) is 0 Å². The zero-order chi connectivity index (χ0) is 19.4. The molecule has 0 aliphatic heterocycles. The second kappa shape index (κ2) is 8.41. The van der Waals surface area contributed by atoms with Crippen LogP contribution >= 0.6 is 27.5 Å². The lowest BCUT2D eigenvalue weighted by Crippen LogP contribution is -2.30. The van der Waals surface area contributed by atoms with Crippen LogP contribution in [0.1, 0.15) is 19.4 Å². The van der Waals surface area contributed by atoms with Crippen LogP contribution in [0.25, 0.3) is 0 Å². The molecular weight excluding hydrogens is 428 g/mol. The van der Waals surface area contributed by atoms with Gasteiger partial charge in [-0.15, -0.1) is 0 Å². The van der Waals surface area contributed by atoms with E-state index in [1.165, 1.54) is 0 Å². The molecule has 0 aliphatic rings. The molecule has 0 spiro atoms. The summed E-state index contributed by atoms with van der Waals surface area (Å²) in [5, 5.41) is 24.9. The van der Waals surface area contributed by atoms with Gasteiger partial charge in [0, 0.05) is 11.7 Å². The molecule has 0 atom stereocenters. The van der Waals surface area contributed by atoms with Crippen molar-refractivity contribution >= 4 is 44.0 Å². The van der Waals surface area contributed by atoms with Crippen molar-refractivity contribution < 1.29 is 9.84 Å². The number of nitrogens with zero attached hydrogens (tertiary/aromatic N) is 1. The summed E-state index contributed by atoms with van der Waals surface area (Å²) in [4.78, 5) is 0. The van der Waals surface area contributed by atoms with Gasteiger partial charge >= 0.3 is 0 Å². The molecule has 6 nitrogen and oxygen atoms in total. The van der Waals surface area contributed by atoms with E-state index >= 15 is 0 Å². The number of anilines is 2. The average molecular weight is 447 g/mol. The first-order chi connectivity index (χ1) is 12.9. The topological polar surface area (TPSA) is 90.3 Å². The highest BCUT2D eigenvalue weighted by Gasteiger charge is 2.18. The van der Waals surface area contributed by atoms with E-state index in [9.17, 15) is 5.11 Å². The summed E-state index contributed by atoms with van der Waals surface area (Å²) in [7, 11) is 0. The number of hydrogen-bond acceptors (Lipinski definition) is 6. The summed E-state index contributed by atoms with van der Waals surface area (Å²) in [5.74, 6) is 1.41. The summed E-state index contributed by atoms with van der Waals surface area (Å²) in [6.07, 6.45) is 0. The molecule has 0 saturated heterocycles. The quantitative estimate of drug-likeness (QED) is 0.297. The Kier molecular flexibility index (Phi) is 5.98. The first-order valence-corrected chi connectivity index (χ1v) is 9.84. The van der Waals surface area contributed by atoms with Crippen molar-refractivity contribution in [1.82, 2.24) is 9.69 Å². The fourth-order valence-electron chi connectivity index (χ4n) is 2.35. The highest BCUT2D eigenvalue weighted by Crippen LogP contribution is 2.34. The molecule has 2 aromatic carbocycles. The van der Waals surface area contributed by atoms with Crippen LogP contribution in [0.15, 0.2) is 53.0 Å². The number of hydrogen-bond donors (Lipinski definition) is 4. The molecule has 140 valence electrons. The molecule has 4 N–H and O–H groups in total. The lowest BCUT2D eigenvalue weighted by Gasteiger charge is -2.13. The van der Waals surface area contributed by atoms with E-state index in [-0.39, 0.29) is 17.8 Å². The normalized spacial score (nSPS) is 10.7. The van der Waals surface area contributed by atoms with Crippen LogP contribution < -0.4 is 15.4 Å². The van der Waals surface area contributed by atoms with Gasteiger partial charge in [-0.3, -0.25) is 5.41 Å². The van der Waals surface area contributed by atoms with Gasteiger partial charge in [0.05, 0.1) is 4.47 Å². The van der Waals surface area contributed by atoms with Crippen molar-refractivity contribution in [3.63, 3.8) is 0 Å². The second-order valence-corrected chi connectivity index (χ2v) is 7.69. The number of benzene rings is 2. The van der Waals surface area contributed by atoms with Crippen molar-refractivity contribution in [3.05, 3.63) is 58.6 Å². The Morgan fingerprint density at radius 3 is 2.56 bits per heavy atom. The monoisotopic (exact) mass is 446 g/mol. The molecule has 0 radical (unpaired) electrons. The molecule has 8 heteroatoms. The molecule has 3 aromatic rings. The van der Waals surface area contributed by atoms with Gasteiger partial charge in [0.1, 0.15) is 27.9 Å². The fraction of sp³-hybridized carbons (Fsp3) is 0.158. The average Bonchev–Trinajstić information content (AvgIpc) is 2.98. The predicted octanol–water partition coefficient (Wildman–Crippen LogP) is 5.47. The molecule has 0 bridgehead atoms. The summed E-state index contributed by atoms with van der Waals surface area (Å²) >= 11 is 4.57. The van der Waals surface area contributed by atoms with Crippen LogP contribution in [0.4, 0.5) is 10.7 Å². The minimum atomic E-state index is -0.158. The summed E-state index contributed by atoms with van der Waals surface area (Å²) < 4.78 is 10.7. The molecular formula is C19H19BrN4O2S. The van der Waals surface area contributed by atoms with Crippen molar-refractivity contribution in [3.8, 4) is 17.4 Å². The number of amidine groups is 1. The van der Waals surface area contributed by atoms with Gasteiger partial charge in [0.15, 0.2) is 0 Å². The molecule has 0 saturated carbocycles. The van der Waals surface area contributed by atoms with Gasteiger partial charge in [-0.25, -0.2) is 0 Å². The standard InChI is InChI=1S/C19H19BrN4O2S/c1-11(2)22-17(21)16-18(25)24-27-19(16)23-12-7-9-13(10-8-12)26-15-6-4-3-5-14(15)20/h3-11,23H,1-2H3,(H2,21,22)(H,24,25). The van der Waals surface area contributed by atoms with E-state index in [0.717, 1.165) is 27.4 Å². The van der Waals surface area contributed by atoms with Crippen molar-refractivity contribution in [2.24, 2.45) is 0 Å². The maximum absolute atomic E-state index is 9.98. The van der Waals surface area contributed by atoms with Crippen LogP contribution in [-0.4, -0.2) is 21.4 Å². The van der Waals surface area contributed by atoms with Gasteiger partial charge < -0.3 is 20.5 Å². The predicted molar refractivity (Wildman–Crippen MR) is 113 cm³/mol. The van der Waals surface area contributed by atoms with E-state index in [4.69, 9.17) is 10.1 Å². The van der Waals surface area contributed by atoms with Crippen LogP contribution in [0, 0.1) is 5.41 Å². The number of aromatic nitrogens is 1. The van der Waals surface area contributed by atoms with Gasteiger partial charge in [-0.1, -0.05) is 12.1 Å². The maximum Gasteiger partial charge on any atom is 0.236 e. The van der Waals surface area contributed by atoms with Crippen LogP contribution in [0.3, 0.4) is 0 Å². The van der Waals surface area contributed by atoms with Gasteiger partial charge in [0.2, 0.25) is 5.88 Å². The molecule has 0 fully saturated rings. The van der Waals surface area contributed by atoms with Gasteiger partial charge in [-0.2, -0.15) is 4.37 Å². The first-order valence-electron chi connectivity index (χ1n) is 8.27. The highest BCUT2D eigenvalue weighted by molar-refractivity contribution is 9.10. The third kappa shape index (κ3) is 4.78. The largest absolute Gasteiger partial charge is 0.492 e. The maximum atomic E-state index is 9.98. The van der Waals surface area contributed by atoms with Crippen LogP contribution in [0.2, 0.25) is 0 Å². The Morgan fingerprint density at radius 1 is 1.19 bits per heavy atom. The SMILES string of the molecule is CC(C)NC(=N)c1c(O)nsc1Nc1ccc(Oc2ccccc2Br)cc1. The number of rotatable bonds is 6. The summed E-state index contributed by atoms with van der Waals surface area (Å²) in [6.45, 7) is 3.87. The molecule has 1 aromatic heterocycles. The molecule has 3 rings (SSSR count). The van der Waals surface area contributed by atoms with Crippen molar-refractivity contribution in [1.29, 1.82) is 5.41 Å². The van der Waals surface area contributed by atoms with E-state index in [1.54, 1.807) is 0 Å². The number of nitrogens with one attached hydrogen (secondary N) is 3. The van der Waals surface area contributed by atoms with Gasteiger partial charge in [0.25, 0.3) is 0 Å². The zero-order valence-corrected chi connectivity index (χ0v) is 17.2. The fourth-order valence-corrected chi connectivity index (χ4v) is 3.43. The Morgan fingerprint density at radius 2 is 1.89 bits per heavy atom. The van der Waals surface area contributed by atoms with E-state index in [1.807, 2.05) is 62.4 Å². The molecule has 0 aliphatic carbocycles. The number of para-hydroxylation sites is 1. The Bertz CT molecular complexity index is 941. The van der Waals surface area contributed by atoms with E-state index in [0.29, 0.717) is 16.3 Å². The second-order valence-electron chi connectivity index (χ2n) is 6.07. The van der Waals surface area contributed by atoms with Crippen molar-refractivity contribution in [2.45, 2.75) is 19.9 Å². The number of halogens is 1. The lowest BCUT2D eigenvalue weighted by molar-refractivity contribution is 0.458. The molecule has 0 unspecified atom stereocenters. The Labute approximate surface area is 170 Å². The summed E-state index contributed by atoms with van der Waals surface area (Å²) in [6, 6.07) is 15.2. The smallest absolute Gasteiger partial charge is 0.236 e. The van der Waals surface area contributed by atoms with E-state index in [2.05, 4.69) is 30.9 Å². The number of ether oxygens (including phenoxy) is 1. The number of aromatic hydroxyl groups is 1. The Balaban J connectivity index is 1.74. The lowest BCUT2D eigenvalue weighted by atomic mass is 10.2. The highest BCUT2D eigenvalue weighted by atomic mass is 79.9. The first kappa shape index (κ1) is 19.2. The minimum absolute atomic E-state index is 0.0818. The molecule has 0 amide bonds. The molecule has 1 heterocycles. The minimum Gasteiger partial charge on any atom is -0.492 e.